The minimum atomic E-state index is -0.510. The van der Waals surface area contributed by atoms with Crippen LogP contribution in [0.4, 0.5) is 5.00 Å². The van der Waals surface area contributed by atoms with Gasteiger partial charge in [-0.15, -0.1) is 0 Å². The van der Waals surface area contributed by atoms with Gasteiger partial charge in [-0.3, -0.25) is 20.2 Å². The predicted molar refractivity (Wildman–Crippen MR) is 76.5 cm³/mol. The van der Waals surface area contributed by atoms with Crippen molar-refractivity contribution in [3.63, 3.8) is 0 Å². The third-order valence-electron chi connectivity index (χ3n) is 2.89. The summed E-state index contributed by atoms with van der Waals surface area (Å²) in [5.41, 5.74) is 0.274. The molecule has 1 aliphatic rings. The molecule has 2 heterocycles. The molecule has 0 aromatic carbocycles. The molecule has 1 N–H and O–H groups in total. The summed E-state index contributed by atoms with van der Waals surface area (Å²) in [5, 5.41) is 15.0. The van der Waals surface area contributed by atoms with Crippen molar-refractivity contribution in [1.82, 2.24) is 10.2 Å². The Morgan fingerprint density at radius 2 is 2.11 bits per heavy atom. The summed E-state index contributed by atoms with van der Waals surface area (Å²) < 4.78 is 0. The molecular formula is C11H13N3O3S2. The van der Waals surface area contributed by atoms with Crippen LogP contribution in [-0.2, 0) is 0 Å². The summed E-state index contributed by atoms with van der Waals surface area (Å²) in [7, 11) is 0. The molecule has 0 atom stereocenters. The number of amides is 1. The van der Waals surface area contributed by atoms with Crippen LogP contribution in [0.1, 0.15) is 29.6 Å². The van der Waals surface area contributed by atoms with Gasteiger partial charge >= 0.3 is 5.00 Å². The summed E-state index contributed by atoms with van der Waals surface area (Å²) in [6, 6.07) is 1.26. The number of piperidine rings is 1. The molecule has 0 radical (unpaired) electrons. The first-order valence-electron chi connectivity index (χ1n) is 5.91. The monoisotopic (exact) mass is 299 g/mol. The summed E-state index contributed by atoms with van der Waals surface area (Å²) in [5.74, 6) is -0.389. The molecule has 0 spiro atoms. The first kappa shape index (κ1) is 13.9. The summed E-state index contributed by atoms with van der Waals surface area (Å²) in [4.78, 5) is 23.9. The van der Waals surface area contributed by atoms with Crippen LogP contribution in [0.3, 0.4) is 0 Å². The van der Waals surface area contributed by atoms with Crippen LogP contribution in [-0.4, -0.2) is 33.9 Å². The molecule has 6 nitrogen and oxygen atoms in total. The first-order valence-corrected chi connectivity index (χ1v) is 7.20. The number of likely N-dealkylation sites (tertiary alicyclic amines) is 1. The van der Waals surface area contributed by atoms with Crippen molar-refractivity contribution >= 4 is 39.6 Å². The normalized spacial score (nSPS) is 15.1. The summed E-state index contributed by atoms with van der Waals surface area (Å²) >= 11 is 6.10. The molecule has 8 heteroatoms. The van der Waals surface area contributed by atoms with Crippen LogP contribution in [0.5, 0.6) is 0 Å². The number of carbonyl (C=O) groups is 1. The molecular weight excluding hydrogens is 286 g/mol. The minimum Gasteiger partial charge on any atom is -0.349 e. The van der Waals surface area contributed by atoms with Gasteiger partial charge in [-0.2, -0.15) is 0 Å². The number of thiocarbonyl (C=S) groups is 1. The summed E-state index contributed by atoms with van der Waals surface area (Å²) in [6.07, 6.45) is 3.32. The van der Waals surface area contributed by atoms with E-state index in [1.807, 2.05) is 4.90 Å². The van der Waals surface area contributed by atoms with Gasteiger partial charge in [0.05, 0.1) is 10.5 Å². The SMILES string of the molecule is O=C(NC(=S)N1CCCCC1)c1csc([N+](=O)[O-])c1. The van der Waals surface area contributed by atoms with Crippen LogP contribution in [0.15, 0.2) is 11.4 Å². The van der Waals surface area contributed by atoms with E-state index in [4.69, 9.17) is 12.2 Å². The second-order valence-corrected chi connectivity index (χ2v) is 5.51. The quantitative estimate of drug-likeness (QED) is 0.514. The van der Waals surface area contributed by atoms with E-state index < -0.39 is 4.92 Å². The van der Waals surface area contributed by atoms with Crippen molar-refractivity contribution in [1.29, 1.82) is 0 Å². The molecule has 0 unspecified atom stereocenters. The highest BCUT2D eigenvalue weighted by molar-refractivity contribution is 7.80. The van der Waals surface area contributed by atoms with Crippen LogP contribution >= 0.6 is 23.6 Å². The Morgan fingerprint density at radius 1 is 1.42 bits per heavy atom. The molecule has 1 aromatic rings. The van der Waals surface area contributed by atoms with Crippen molar-refractivity contribution in [2.75, 3.05) is 13.1 Å². The van der Waals surface area contributed by atoms with Crippen LogP contribution in [0.25, 0.3) is 0 Å². The molecule has 102 valence electrons. The van der Waals surface area contributed by atoms with E-state index in [9.17, 15) is 14.9 Å². The zero-order chi connectivity index (χ0) is 13.8. The number of nitro groups is 1. The van der Waals surface area contributed by atoms with Crippen molar-refractivity contribution in [2.45, 2.75) is 19.3 Å². The molecule has 1 aromatic heterocycles. The minimum absolute atomic E-state index is 0.0472. The number of rotatable bonds is 2. The highest BCUT2D eigenvalue weighted by Crippen LogP contribution is 2.22. The molecule has 0 bridgehead atoms. The Balaban J connectivity index is 1.95. The lowest BCUT2D eigenvalue weighted by Crippen LogP contribution is -2.44. The van der Waals surface area contributed by atoms with Crippen LogP contribution in [0.2, 0.25) is 0 Å². The lowest BCUT2D eigenvalue weighted by molar-refractivity contribution is -0.380. The first-order chi connectivity index (χ1) is 9.08. The molecule has 0 saturated carbocycles. The standard InChI is InChI=1S/C11H13N3O3S2/c15-10(8-6-9(14(16)17)19-7-8)12-11(18)13-4-2-1-3-5-13/h6-7H,1-5H2,(H,12,15,18). The molecule has 1 amide bonds. The van der Waals surface area contributed by atoms with Crippen molar-refractivity contribution in [3.8, 4) is 0 Å². The maximum absolute atomic E-state index is 11.9. The number of nitrogens with one attached hydrogen (secondary N) is 1. The van der Waals surface area contributed by atoms with Gasteiger partial charge in [-0.05, 0) is 31.5 Å². The molecule has 19 heavy (non-hydrogen) atoms. The smallest absolute Gasteiger partial charge is 0.324 e. The largest absolute Gasteiger partial charge is 0.349 e. The molecule has 1 fully saturated rings. The van der Waals surface area contributed by atoms with Gasteiger partial charge in [0, 0.05) is 24.5 Å². The van der Waals surface area contributed by atoms with E-state index in [0.717, 1.165) is 37.3 Å². The van der Waals surface area contributed by atoms with Gasteiger partial charge in [-0.1, -0.05) is 11.3 Å². The van der Waals surface area contributed by atoms with Gasteiger partial charge in [0.1, 0.15) is 0 Å². The lowest BCUT2D eigenvalue weighted by atomic mass is 10.1. The lowest BCUT2D eigenvalue weighted by Gasteiger charge is -2.28. The van der Waals surface area contributed by atoms with Crippen LogP contribution < -0.4 is 5.32 Å². The van der Waals surface area contributed by atoms with Gasteiger partial charge in [0.2, 0.25) is 0 Å². The molecule has 1 aliphatic heterocycles. The number of thiophene rings is 1. The van der Waals surface area contributed by atoms with E-state index in [1.54, 1.807) is 0 Å². The highest BCUT2D eigenvalue weighted by Gasteiger charge is 2.19. The topological polar surface area (TPSA) is 75.5 Å². The zero-order valence-corrected chi connectivity index (χ0v) is 11.8. The van der Waals surface area contributed by atoms with E-state index >= 15 is 0 Å². The van der Waals surface area contributed by atoms with Gasteiger partial charge in [0.15, 0.2) is 5.11 Å². The summed E-state index contributed by atoms with van der Waals surface area (Å²) in [6.45, 7) is 1.70. The maximum Gasteiger partial charge on any atom is 0.324 e. The number of hydrogen-bond donors (Lipinski definition) is 1. The van der Waals surface area contributed by atoms with E-state index in [-0.39, 0.29) is 16.5 Å². The third-order valence-corrected chi connectivity index (χ3v) is 4.13. The second-order valence-electron chi connectivity index (χ2n) is 4.24. The van der Waals surface area contributed by atoms with E-state index in [1.165, 1.54) is 17.9 Å². The second kappa shape index (κ2) is 6.07. The fraction of sp³-hybridized carbons (Fsp3) is 0.455. The van der Waals surface area contributed by atoms with Crippen molar-refractivity contribution < 1.29 is 9.72 Å². The Labute approximate surface area is 119 Å². The molecule has 2 rings (SSSR count). The maximum atomic E-state index is 11.9. The van der Waals surface area contributed by atoms with Crippen molar-refractivity contribution in [3.05, 3.63) is 27.1 Å². The fourth-order valence-electron chi connectivity index (χ4n) is 1.89. The average Bonchev–Trinajstić information content (AvgIpc) is 2.89. The van der Waals surface area contributed by atoms with Gasteiger partial charge in [-0.25, -0.2) is 0 Å². The fourth-order valence-corrected chi connectivity index (χ4v) is 2.86. The highest BCUT2D eigenvalue weighted by atomic mass is 32.1. The van der Waals surface area contributed by atoms with Gasteiger partial charge < -0.3 is 4.90 Å². The van der Waals surface area contributed by atoms with Gasteiger partial charge in [0.25, 0.3) is 5.91 Å². The Morgan fingerprint density at radius 3 is 2.68 bits per heavy atom. The number of carbonyl (C=O) groups excluding carboxylic acids is 1. The molecule has 0 aliphatic carbocycles. The van der Waals surface area contributed by atoms with Crippen molar-refractivity contribution in [2.24, 2.45) is 0 Å². The third kappa shape index (κ3) is 3.48. The number of hydrogen-bond acceptors (Lipinski definition) is 5. The Kier molecular flexibility index (Phi) is 4.43. The molecule has 1 saturated heterocycles. The Hall–Kier alpha value is -1.54. The van der Waals surface area contributed by atoms with E-state index in [2.05, 4.69) is 5.32 Å². The van der Waals surface area contributed by atoms with Crippen LogP contribution in [0, 0.1) is 10.1 Å². The Bertz CT molecular complexity index is 509. The average molecular weight is 299 g/mol. The zero-order valence-electron chi connectivity index (χ0n) is 10.1. The number of nitrogens with zero attached hydrogens (tertiary/aromatic N) is 2. The van der Waals surface area contributed by atoms with E-state index in [0.29, 0.717) is 5.11 Å². The predicted octanol–water partition coefficient (Wildman–Crippen LogP) is 2.16.